The van der Waals surface area contributed by atoms with Gasteiger partial charge in [-0.3, -0.25) is 11.3 Å². The molecule has 0 aliphatic rings. The van der Waals surface area contributed by atoms with Gasteiger partial charge in [-0.15, -0.1) is 11.3 Å². The van der Waals surface area contributed by atoms with Crippen molar-refractivity contribution in [2.24, 2.45) is 11.8 Å². The lowest BCUT2D eigenvalue weighted by atomic mass is 9.92. The molecule has 80 valence electrons. The molecule has 2 unspecified atom stereocenters. The van der Waals surface area contributed by atoms with Crippen LogP contribution in [0.25, 0.3) is 0 Å². The SMILES string of the molecule is CCCC(C)C(NN)c1ccsc1C. The summed E-state index contributed by atoms with van der Waals surface area (Å²) in [6.07, 6.45) is 2.42. The molecule has 0 saturated carbocycles. The van der Waals surface area contributed by atoms with Crippen molar-refractivity contribution in [1.29, 1.82) is 0 Å². The van der Waals surface area contributed by atoms with Crippen LogP contribution in [0.15, 0.2) is 11.4 Å². The van der Waals surface area contributed by atoms with E-state index < -0.39 is 0 Å². The van der Waals surface area contributed by atoms with Crippen molar-refractivity contribution in [3.8, 4) is 0 Å². The maximum absolute atomic E-state index is 5.62. The zero-order valence-corrected chi connectivity index (χ0v) is 10.0. The molecule has 1 aromatic rings. The summed E-state index contributed by atoms with van der Waals surface area (Å²) in [6.45, 7) is 6.62. The molecule has 14 heavy (non-hydrogen) atoms. The van der Waals surface area contributed by atoms with Crippen LogP contribution in [0, 0.1) is 12.8 Å². The van der Waals surface area contributed by atoms with Gasteiger partial charge in [-0.2, -0.15) is 0 Å². The lowest BCUT2D eigenvalue weighted by Crippen LogP contribution is -2.32. The van der Waals surface area contributed by atoms with Gasteiger partial charge in [0.25, 0.3) is 0 Å². The standard InChI is InChI=1S/C11H20N2S/c1-4-5-8(2)11(13-12)10-6-7-14-9(10)3/h6-8,11,13H,4-5,12H2,1-3H3. The van der Waals surface area contributed by atoms with Crippen LogP contribution in [0.3, 0.4) is 0 Å². The number of nitrogens with two attached hydrogens (primary N) is 1. The lowest BCUT2D eigenvalue weighted by molar-refractivity contribution is 0.368. The number of thiophene rings is 1. The van der Waals surface area contributed by atoms with E-state index in [9.17, 15) is 0 Å². The molecule has 0 aliphatic heterocycles. The fraction of sp³-hybridized carbons (Fsp3) is 0.636. The van der Waals surface area contributed by atoms with Gasteiger partial charge in [0.15, 0.2) is 0 Å². The largest absolute Gasteiger partial charge is 0.271 e. The van der Waals surface area contributed by atoms with E-state index in [1.165, 1.54) is 23.3 Å². The van der Waals surface area contributed by atoms with Crippen LogP contribution in [0.4, 0.5) is 0 Å². The van der Waals surface area contributed by atoms with Crippen LogP contribution >= 0.6 is 11.3 Å². The predicted octanol–water partition coefficient (Wildman–Crippen LogP) is 3.00. The second kappa shape index (κ2) is 5.49. The quantitative estimate of drug-likeness (QED) is 0.581. The van der Waals surface area contributed by atoms with E-state index in [1.807, 2.05) is 0 Å². The molecule has 3 N–H and O–H groups in total. The summed E-state index contributed by atoms with van der Waals surface area (Å²) in [5, 5.41) is 2.13. The lowest BCUT2D eigenvalue weighted by Gasteiger charge is -2.23. The maximum Gasteiger partial charge on any atom is 0.0496 e. The first-order valence-electron chi connectivity index (χ1n) is 5.20. The molecule has 0 spiro atoms. The predicted molar refractivity (Wildman–Crippen MR) is 63.2 cm³/mol. The third-order valence-corrected chi connectivity index (χ3v) is 3.59. The highest BCUT2D eigenvalue weighted by molar-refractivity contribution is 7.10. The van der Waals surface area contributed by atoms with E-state index in [2.05, 4.69) is 37.6 Å². The molecule has 3 heteroatoms. The topological polar surface area (TPSA) is 38.0 Å². The Bertz CT molecular complexity index is 270. The average Bonchev–Trinajstić information content (AvgIpc) is 2.54. The number of hydrogen-bond acceptors (Lipinski definition) is 3. The second-order valence-electron chi connectivity index (χ2n) is 3.84. The van der Waals surface area contributed by atoms with Crippen molar-refractivity contribution < 1.29 is 0 Å². The van der Waals surface area contributed by atoms with Crippen molar-refractivity contribution in [1.82, 2.24) is 5.43 Å². The van der Waals surface area contributed by atoms with Crippen molar-refractivity contribution in [2.45, 2.75) is 39.7 Å². The number of hydrazine groups is 1. The summed E-state index contributed by atoms with van der Waals surface area (Å²) in [7, 11) is 0. The fourth-order valence-corrected chi connectivity index (χ4v) is 2.65. The van der Waals surface area contributed by atoms with Gasteiger partial charge in [-0.05, 0) is 36.3 Å². The smallest absolute Gasteiger partial charge is 0.0496 e. The van der Waals surface area contributed by atoms with E-state index in [1.54, 1.807) is 11.3 Å². The van der Waals surface area contributed by atoms with Crippen molar-refractivity contribution in [3.63, 3.8) is 0 Å². The molecule has 0 bridgehead atoms. The van der Waals surface area contributed by atoms with Crippen molar-refractivity contribution in [2.75, 3.05) is 0 Å². The number of hydrogen-bond donors (Lipinski definition) is 2. The third kappa shape index (κ3) is 2.56. The Balaban J connectivity index is 2.76. The molecule has 2 atom stereocenters. The summed E-state index contributed by atoms with van der Waals surface area (Å²) in [4.78, 5) is 1.37. The second-order valence-corrected chi connectivity index (χ2v) is 4.96. The zero-order valence-electron chi connectivity index (χ0n) is 9.21. The molecule has 0 saturated heterocycles. The first-order valence-corrected chi connectivity index (χ1v) is 6.08. The van der Waals surface area contributed by atoms with Gasteiger partial charge in [0, 0.05) is 10.9 Å². The average molecular weight is 212 g/mol. The van der Waals surface area contributed by atoms with Crippen LogP contribution in [-0.2, 0) is 0 Å². The van der Waals surface area contributed by atoms with E-state index >= 15 is 0 Å². The Labute approximate surface area is 90.5 Å². The Morgan fingerprint density at radius 3 is 2.71 bits per heavy atom. The van der Waals surface area contributed by atoms with Gasteiger partial charge in [0.1, 0.15) is 0 Å². The van der Waals surface area contributed by atoms with Crippen molar-refractivity contribution >= 4 is 11.3 Å². The van der Waals surface area contributed by atoms with Gasteiger partial charge < -0.3 is 0 Å². The van der Waals surface area contributed by atoms with Crippen molar-refractivity contribution in [3.05, 3.63) is 21.9 Å². The van der Waals surface area contributed by atoms with E-state index in [4.69, 9.17) is 5.84 Å². The molecule has 1 aromatic heterocycles. The molecule has 0 radical (unpaired) electrons. The number of rotatable bonds is 5. The van der Waals surface area contributed by atoms with Crippen LogP contribution < -0.4 is 11.3 Å². The van der Waals surface area contributed by atoms with Gasteiger partial charge in [0.2, 0.25) is 0 Å². The Kier molecular flexibility index (Phi) is 4.58. The number of aryl methyl sites for hydroxylation is 1. The van der Waals surface area contributed by atoms with Gasteiger partial charge in [-0.25, -0.2) is 0 Å². The minimum Gasteiger partial charge on any atom is -0.271 e. The van der Waals surface area contributed by atoms with Gasteiger partial charge in [0.05, 0.1) is 0 Å². The normalized spacial score (nSPS) is 15.4. The molecule has 1 heterocycles. The highest BCUT2D eigenvalue weighted by atomic mass is 32.1. The van der Waals surface area contributed by atoms with Gasteiger partial charge >= 0.3 is 0 Å². The maximum atomic E-state index is 5.62. The Morgan fingerprint density at radius 2 is 2.29 bits per heavy atom. The molecule has 2 nitrogen and oxygen atoms in total. The molecule has 0 aromatic carbocycles. The van der Waals surface area contributed by atoms with Crippen LogP contribution in [0.5, 0.6) is 0 Å². The number of nitrogens with one attached hydrogen (secondary N) is 1. The molecule has 0 aliphatic carbocycles. The summed E-state index contributed by atoms with van der Waals surface area (Å²) >= 11 is 1.79. The van der Waals surface area contributed by atoms with Crippen LogP contribution in [0.2, 0.25) is 0 Å². The monoisotopic (exact) mass is 212 g/mol. The molecule has 0 fully saturated rings. The Morgan fingerprint density at radius 1 is 1.57 bits per heavy atom. The summed E-state index contributed by atoms with van der Waals surface area (Å²) in [6, 6.07) is 2.48. The summed E-state index contributed by atoms with van der Waals surface area (Å²) in [5.41, 5.74) is 4.30. The molecule has 1 rings (SSSR count). The van der Waals surface area contributed by atoms with Crippen LogP contribution in [-0.4, -0.2) is 0 Å². The molecular weight excluding hydrogens is 192 g/mol. The van der Waals surface area contributed by atoms with E-state index in [0.29, 0.717) is 12.0 Å². The zero-order chi connectivity index (χ0) is 10.6. The third-order valence-electron chi connectivity index (χ3n) is 2.73. The molecular formula is C11H20N2S. The summed E-state index contributed by atoms with van der Waals surface area (Å²) < 4.78 is 0. The fourth-order valence-electron chi connectivity index (χ4n) is 1.90. The van der Waals surface area contributed by atoms with Gasteiger partial charge in [-0.1, -0.05) is 20.3 Å². The highest BCUT2D eigenvalue weighted by Crippen LogP contribution is 2.29. The highest BCUT2D eigenvalue weighted by Gasteiger charge is 2.19. The summed E-state index contributed by atoms with van der Waals surface area (Å²) in [5.74, 6) is 6.21. The van der Waals surface area contributed by atoms with E-state index in [-0.39, 0.29) is 0 Å². The first-order chi connectivity index (χ1) is 6.70. The Hall–Kier alpha value is -0.380. The molecule has 0 amide bonds. The first kappa shape index (κ1) is 11.7. The minimum atomic E-state index is 0.307. The van der Waals surface area contributed by atoms with E-state index in [0.717, 1.165) is 0 Å². The minimum absolute atomic E-state index is 0.307. The van der Waals surface area contributed by atoms with Crippen LogP contribution in [0.1, 0.15) is 43.2 Å².